The number of hydrogen-bond donors (Lipinski definition) is 1. The molecule has 0 saturated carbocycles. The molecule has 1 amide bonds. The lowest BCUT2D eigenvalue weighted by Crippen LogP contribution is -2.28. The first-order chi connectivity index (χ1) is 15.4. The Kier molecular flexibility index (Phi) is 5.98. The van der Waals surface area contributed by atoms with Crippen LogP contribution in [0.3, 0.4) is 0 Å². The lowest BCUT2D eigenvalue weighted by molar-refractivity contribution is 0.0747. The van der Waals surface area contributed by atoms with Crippen LogP contribution < -0.4 is 15.0 Å². The van der Waals surface area contributed by atoms with Crippen molar-refractivity contribution < 1.29 is 18.8 Å². The quantitative estimate of drug-likeness (QED) is 0.630. The van der Waals surface area contributed by atoms with Crippen molar-refractivity contribution in [2.45, 2.75) is 32.1 Å². The maximum Gasteiger partial charge on any atom is 0.292 e. The minimum atomic E-state index is -0.230. The second-order valence-corrected chi connectivity index (χ2v) is 7.83. The summed E-state index contributed by atoms with van der Waals surface area (Å²) < 4.78 is 16.1. The Morgan fingerprint density at radius 2 is 1.91 bits per heavy atom. The third-order valence-corrected chi connectivity index (χ3v) is 5.83. The molecule has 0 bridgehead atoms. The molecule has 9 nitrogen and oxygen atoms in total. The van der Waals surface area contributed by atoms with Gasteiger partial charge in [0.15, 0.2) is 11.5 Å². The van der Waals surface area contributed by atoms with Crippen molar-refractivity contribution in [3.8, 4) is 11.5 Å². The smallest absolute Gasteiger partial charge is 0.292 e. The van der Waals surface area contributed by atoms with Crippen molar-refractivity contribution in [1.82, 2.24) is 20.0 Å². The van der Waals surface area contributed by atoms with Gasteiger partial charge >= 0.3 is 0 Å². The minimum absolute atomic E-state index is 0.0963. The average molecular weight is 438 g/mol. The molecular weight excluding hydrogens is 412 g/mol. The summed E-state index contributed by atoms with van der Waals surface area (Å²) >= 11 is 0. The van der Waals surface area contributed by atoms with Crippen LogP contribution in [0.4, 0.5) is 0 Å². The van der Waals surface area contributed by atoms with Gasteiger partial charge in [-0.05, 0) is 31.0 Å². The molecule has 0 unspecified atom stereocenters. The topological polar surface area (TPSA) is 111 Å². The van der Waals surface area contributed by atoms with Crippen molar-refractivity contribution in [2.24, 2.45) is 0 Å². The number of aryl methyl sites for hydroxylation is 2. The third kappa shape index (κ3) is 4.10. The maximum atomic E-state index is 13.1. The number of aromatic nitrogens is 3. The predicted molar refractivity (Wildman–Crippen MR) is 116 cm³/mol. The van der Waals surface area contributed by atoms with Crippen LogP contribution in [0.2, 0.25) is 0 Å². The largest absolute Gasteiger partial charge is 0.493 e. The highest BCUT2D eigenvalue weighted by Gasteiger charge is 2.39. The van der Waals surface area contributed by atoms with Gasteiger partial charge in [0.1, 0.15) is 5.82 Å². The van der Waals surface area contributed by atoms with Crippen LogP contribution >= 0.6 is 0 Å². The van der Waals surface area contributed by atoms with Gasteiger partial charge < -0.3 is 23.9 Å². The second kappa shape index (κ2) is 8.86. The minimum Gasteiger partial charge on any atom is -0.493 e. The molecule has 168 valence electrons. The average Bonchev–Trinajstić information content (AvgIpc) is 3.45. The number of nitrogens with zero attached hydrogens (tertiary/aromatic N) is 3. The van der Waals surface area contributed by atoms with E-state index < -0.39 is 0 Å². The molecule has 0 radical (unpaired) electrons. The first-order valence-electron chi connectivity index (χ1n) is 10.5. The molecule has 2 atom stereocenters. The summed E-state index contributed by atoms with van der Waals surface area (Å²) in [6.45, 7) is 4.53. The monoisotopic (exact) mass is 438 g/mol. The zero-order valence-corrected chi connectivity index (χ0v) is 18.5. The van der Waals surface area contributed by atoms with Crippen LogP contribution in [-0.4, -0.2) is 53.2 Å². The van der Waals surface area contributed by atoms with E-state index in [1.165, 1.54) is 6.07 Å². The van der Waals surface area contributed by atoms with E-state index in [-0.39, 0.29) is 29.1 Å². The molecule has 1 saturated heterocycles. The third-order valence-electron chi connectivity index (χ3n) is 5.83. The fourth-order valence-electron chi connectivity index (χ4n) is 4.22. The van der Waals surface area contributed by atoms with Crippen LogP contribution in [-0.2, 0) is 6.42 Å². The summed E-state index contributed by atoms with van der Waals surface area (Å²) in [4.78, 5) is 34.3. The number of nitrogens with one attached hydrogen (secondary N) is 1. The van der Waals surface area contributed by atoms with Gasteiger partial charge in [-0.1, -0.05) is 18.1 Å². The van der Waals surface area contributed by atoms with Crippen molar-refractivity contribution in [3.63, 3.8) is 0 Å². The number of hydrogen-bond acceptors (Lipinski definition) is 7. The lowest BCUT2D eigenvalue weighted by atomic mass is 9.86. The number of likely N-dealkylation sites (tertiary alicyclic amines) is 1. The Bertz CT molecular complexity index is 1190. The van der Waals surface area contributed by atoms with Gasteiger partial charge in [-0.3, -0.25) is 9.59 Å². The molecule has 0 spiro atoms. The normalized spacial score (nSPS) is 18.1. The summed E-state index contributed by atoms with van der Waals surface area (Å²) in [5.74, 6) is 1.47. The van der Waals surface area contributed by atoms with E-state index in [2.05, 4.69) is 15.1 Å². The van der Waals surface area contributed by atoms with Crippen LogP contribution in [0, 0.1) is 6.92 Å². The number of amides is 1. The van der Waals surface area contributed by atoms with Crippen LogP contribution in [0.15, 0.2) is 39.6 Å². The Labute approximate surface area is 185 Å². The summed E-state index contributed by atoms with van der Waals surface area (Å²) in [6, 6.07) is 8.89. The molecule has 9 heteroatoms. The number of benzene rings is 1. The predicted octanol–water partition coefficient (Wildman–Crippen LogP) is 2.67. The van der Waals surface area contributed by atoms with E-state index in [1.54, 1.807) is 32.1 Å². The Morgan fingerprint density at radius 3 is 2.56 bits per heavy atom. The zero-order chi connectivity index (χ0) is 22.8. The summed E-state index contributed by atoms with van der Waals surface area (Å²) in [6.07, 6.45) is 0.684. The van der Waals surface area contributed by atoms with Crippen LogP contribution in [0.1, 0.15) is 52.1 Å². The summed E-state index contributed by atoms with van der Waals surface area (Å²) in [5.41, 5.74) is 2.13. The number of ether oxygens (including phenoxy) is 2. The molecule has 1 aromatic carbocycles. The molecule has 32 heavy (non-hydrogen) atoms. The Balaban J connectivity index is 1.72. The van der Waals surface area contributed by atoms with E-state index in [9.17, 15) is 9.59 Å². The molecule has 1 N–H and O–H groups in total. The van der Waals surface area contributed by atoms with Gasteiger partial charge in [0.05, 0.1) is 25.6 Å². The van der Waals surface area contributed by atoms with E-state index in [0.717, 1.165) is 11.3 Å². The molecule has 2 aromatic heterocycles. The molecule has 3 heterocycles. The van der Waals surface area contributed by atoms with E-state index in [0.29, 0.717) is 42.5 Å². The van der Waals surface area contributed by atoms with Gasteiger partial charge in [-0.2, -0.15) is 0 Å². The van der Waals surface area contributed by atoms with Crippen LogP contribution in [0.25, 0.3) is 0 Å². The SMILES string of the molecule is CCc1cc(C(=O)N2C[C@@H](c3ccc(OC)c(OC)c3)[C@H](c3cc(=O)[nH]c(C)n3)C2)on1. The number of rotatable bonds is 6. The highest BCUT2D eigenvalue weighted by Crippen LogP contribution is 2.41. The molecule has 3 aromatic rings. The molecule has 1 aliphatic heterocycles. The highest BCUT2D eigenvalue weighted by atomic mass is 16.5. The van der Waals surface area contributed by atoms with E-state index in [1.807, 2.05) is 25.1 Å². The van der Waals surface area contributed by atoms with Gasteiger partial charge in [0, 0.05) is 37.1 Å². The number of H-pyrrole nitrogens is 1. The molecule has 1 fully saturated rings. The fraction of sp³-hybridized carbons (Fsp3) is 0.391. The van der Waals surface area contributed by atoms with Gasteiger partial charge in [0.2, 0.25) is 5.76 Å². The maximum absolute atomic E-state index is 13.1. The standard InChI is InChI=1S/C23H26N4O5/c1-5-15-9-21(32-26-15)23(29)27-11-16(14-6-7-19(30-3)20(8-14)31-4)17(12-27)18-10-22(28)25-13(2)24-18/h6-10,16-17H,5,11-12H2,1-4H3,(H,24,25,28)/t16-,17+/m0/s1. The second-order valence-electron chi connectivity index (χ2n) is 7.83. The molecule has 4 rings (SSSR count). The van der Waals surface area contributed by atoms with Crippen molar-refractivity contribution in [1.29, 1.82) is 0 Å². The highest BCUT2D eigenvalue weighted by molar-refractivity contribution is 5.91. The Morgan fingerprint density at radius 1 is 1.16 bits per heavy atom. The van der Waals surface area contributed by atoms with E-state index >= 15 is 0 Å². The molecule has 1 aliphatic rings. The first kappa shape index (κ1) is 21.6. The molecular formula is C23H26N4O5. The van der Waals surface area contributed by atoms with Gasteiger partial charge in [0.25, 0.3) is 11.5 Å². The lowest BCUT2D eigenvalue weighted by Gasteiger charge is -2.19. The fourth-order valence-corrected chi connectivity index (χ4v) is 4.22. The Hall–Kier alpha value is -3.62. The van der Waals surface area contributed by atoms with Crippen molar-refractivity contribution >= 4 is 5.91 Å². The van der Waals surface area contributed by atoms with Gasteiger partial charge in [-0.15, -0.1) is 0 Å². The van der Waals surface area contributed by atoms with E-state index in [4.69, 9.17) is 14.0 Å². The zero-order valence-electron chi connectivity index (χ0n) is 18.5. The molecule has 0 aliphatic carbocycles. The number of aromatic amines is 1. The number of carbonyl (C=O) groups is 1. The van der Waals surface area contributed by atoms with Crippen molar-refractivity contribution in [2.75, 3.05) is 27.3 Å². The van der Waals surface area contributed by atoms with Crippen molar-refractivity contribution in [3.05, 3.63) is 69.2 Å². The summed E-state index contributed by atoms with van der Waals surface area (Å²) in [7, 11) is 3.17. The number of carbonyl (C=O) groups excluding carboxylic acids is 1. The number of methoxy groups -OCH3 is 2. The van der Waals surface area contributed by atoms with Gasteiger partial charge in [-0.25, -0.2) is 4.98 Å². The first-order valence-corrected chi connectivity index (χ1v) is 10.5. The summed E-state index contributed by atoms with van der Waals surface area (Å²) in [5, 5.41) is 3.94. The van der Waals surface area contributed by atoms with Crippen LogP contribution in [0.5, 0.6) is 11.5 Å².